The molecule has 1 saturated heterocycles. The van der Waals surface area contributed by atoms with Crippen molar-refractivity contribution in [1.82, 2.24) is 15.6 Å². The number of ether oxygens (including phenoxy) is 2. The standard InChI is InChI=1S/C25H27N3O3/c1-30-22-12-11-18(17-23(22)31-2)20-9-6-10-21(27-20)24(29)28-25(13-15-26-16-14-25)19-7-4-3-5-8-19/h3-12,17,26H,13-16H2,1-2H3,(H,28,29). The van der Waals surface area contributed by atoms with E-state index in [0.29, 0.717) is 22.9 Å². The van der Waals surface area contributed by atoms with Gasteiger partial charge in [0, 0.05) is 5.56 Å². The molecule has 1 aliphatic rings. The molecule has 0 aliphatic carbocycles. The van der Waals surface area contributed by atoms with Gasteiger partial charge in [-0.05, 0) is 61.8 Å². The van der Waals surface area contributed by atoms with Crippen LogP contribution < -0.4 is 20.1 Å². The number of hydrogen-bond donors (Lipinski definition) is 2. The summed E-state index contributed by atoms with van der Waals surface area (Å²) in [6, 6.07) is 21.3. The Kier molecular flexibility index (Phi) is 6.18. The molecule has 2 N–H and O–H groups in total. The van der Waals surface area contributed by atoms with Crippen LogP contribution in [0.15, 0.2) is 66.7 Å². The summed E-state index contributed by atoms with van der Waals surface area (Å²) in [5, 5.41) is 6.68. The highest BCUT2D eigenvalue weighted by molar-refractivity contribution is 5.93. The van der Waals surface area contributed by atoms with Gasteiger partial charge in [0.1, 0.15) is 5.69 Å². The Balaban J connectivity index is 1.62. The molecule has 160 valence electrons. The molecule has 1 fully saturated rings. The second kappa shape index (κ2) is 9.18. The zero-order valence-electron chi connectivity index (χ0n) is 17.9. The number of nitrogens with one attached hydrogen (secondary N) is 2. The van der Waals surface area contributed by atoms with E-state index in [0.717, 1.165) is 37.1 Å². The number of carbonyl (C=O) groups excluding carboxylic acids is 1. The first kappa shape index (κ1) is 20.9. The fraction of sp³-hybridized carbons (Fsp3) is 0.280. The summed E-state index contributed by atoms with van der Waals surface area (Å²) in [5.74, 6) is 1.10. The highest BCUT2D eigenvalue weighted by atomic mass is 16.5. The summed E-state index contributed by atoms with van der Waals surface area (Å²) in [6.07, 6.45) is 1.66. The van der Waals surface area contributed by atoms with Gasteiger partial charge in [-0.2, -0.15) is 0 Å². The number of benzene rings is 2. The number of piperidine rings is 1. The molecule has 6 nitrogen and oxygen atoms in total. The van der Waals surface area contributed by atoms with Crippen molar-refractivity contribution in [2.24, 2.45) is 0 Å². The van der Waals surface area contributed by atoms with E-state index in [2.05, 4.69) is 27.8 Å². The summed E-state index contributed by atoms with van der Waals surface area (Å²) in [4.78, 5) is 17.9. The summed E-state index contributed by atoms with van der Waals surface area (Å²) in [7, 11) is 3.20. The maximum absolute atomic E-state index is 13.3. The van der Waals surface area contributed by atoms with Crippen molar-refractivity contribution in [1.29, 1.82) is 0 Å². The quantitative estimate of drug-likeness (QED) is 0.639. The number of methoxy groups -OCH3 is 2. The second-order valence-corrected chi connectivity index (χ2v) is 7.63. The summed E-state index contributed by atoms with van der Waals surface area (Å²) < 4.78 is 10.7. The van der Waals surface area contributed by atoms with Gasteiger partial charge in [0.2, 0.25) is 0 Å². The zero-order chi connectivity index (χ0) is 21.7. The average molecular weight is 418 g/mol. The molecule has 4 rings (SSSR count). The minimum absolute atomic E-state index is 0.173. The van der Waals surface area contributed by atoms with E-state index in [4.69, 9.17) is 9.47 Å². The third-order valence-corrected chi connectivity index (χ3v) is 5.80. The van der Waals surface area contributed by atoms with Gasteiger partial charge >= 0.3 is 0 Å². The van der Waals surface area contributed by atoms with E-state index < -0.39 is 5.54 Å². The van der Waals surface area contributed by atoms with Gasteiger partial charge in [-0.3, -0.25) is 4.79 Å². The first-order valence-electron chi connectivity index (χ1n) is 10.4. The molecule has 1 aromatic heterocycles. The lowest BCUT2D eigenvalue weighted by Crippen LogP contribution is -2.52. The highest BCUT2D eigenvalue weighted by Gasteiger charge is 2.35. The number of carbonyl (C=O) groups is 1. The molecule has 6 heteroatoms. The molecule has 2 heterocycles. The van der Waals surface area contributed by atoms with Gasteiger partial charge in [-0.25, -0.2) is 4.98 Å². The molecule has 3 aromatic rings. The number of rotatable bonds is 6. The van der Waals surface area contributed by atoms with Gasteiger partial charge in [0.25, 0.3) is 5.91 Å². The third kappa shape index (κ3) is 4.39. The molecule has 0 radical (unpaired) electrons. The predicted molar refractivity (Wildman–Crippen MR) is 120 cm³/mol. The van der Waals surface area contributed by atoms with Gasteiger partial charge in [0.15, 0.2) is 11.5 Å². The number of aromatic nitrogens is 1. The lowest BCUT2D eigenvalue weighted by Gasteiger charge is -2.39. The fourth-order valence-electron chi connectivity index (χ4n) is 4.10. The fourth-order valence-corrected chi connectivity index (χ4v) is 4.10. The van der Waals surface area contributed by atoms with Crippen LogP contribution in [0.25, 0.3) is 11.3 Å². The molecular formula is C25H27N3O3. The topological polar surface area (TPSA) is 72.5 Å². The van der Waals surface area contributed by atoms with Crippen molar-refractivity contribution in [3.63, 3.8) is 0 Å². The molecule has 0 saturated carbocycles. The van der Waals surface area contributed by atoms with Crippen LogP contribution in [0.5, 0.6) is 11.5 Å². The van der Waals surface area contributed by atoms with Gasteiger partial charge in [-0.15, -0.1) is 0 Å². The Morgan fingerprint density at radius 2 is 1.68 bits per heavy atom. The Morgan fingerprint density at radius 3 is 2.39 bits per heavy atom. The Bertz CT molecular complexity index is 1050. The number of nitrogens with zero attached hydrogens (tertiary/aromatic N) is 1. The second-order valence-electron chi connectivity index (χ2n) is 7.63. The van der Waals surface area contributed by atoms with E-state index in [1.54, 1.807) is 20.3 Å². The van der Waals surface area contributed by atoms with Gasteiger partial charge in [-0.1, -0.05) is 36.4 Å². The van der Waals surface area contributed by atoms with E-state index in [9.17, 15) is 4.79 Å². The van der Waals surface area contributed by atoms with Crippen LogP contribution >= 0.6 is 0 Å². The van der Waals surface area contributed by atoms with Crippen molar-refractivity contribution < 1.29 is 14.3 Å². The molecule has 1 aliphatic heterocycles. The van der Waals surface area contributed by atoms with E-state index in [1.165, 1.54) is 0 Å². The Morgan fingerprint density at radius 1 is 0.935 bits per heavy atom. The smallest absolute Gasteiger partial charge is 0.270 e. The normalized spacial score (nSPS) is 15.2. The van der Waals surface area contributed by atoms with E-state index in [1.807, 2.05) is 48.5 Å². The van der Waals surface area contributed by atoms with Crippen molar-refractivity contribution in [3.05, 3.63) is 78.0 Å². The van der Waals surface area contributed by atoms with Gasteiger partial charge in [0.05, 0.1) is 25.5 Å². The lowest BCUT2D eigenvalue weighted by atomic mass is 9.81. The minimum Gasteiger partial charge on any atom is -0.493 e. The molecular weight excluding hydrogens is 390 g/mol. The molecule has 0 unspecified atom stereocenters. The van der Waals surface area contributed by atoms with Crippen LogP contribution in [-0.4, -0.2) is 38.2 Å². The largest absolute Gasteiger partial charge is 0.493 e. The third-order valence-electron chi connectivity index (χ3n) is 5.80. The Hall–Kier alpha value is -3.38. The van der Waals surface area contributed by atoms with Crippen LogP contribution in [0.2, 0.25) is 0 Å². The predicted octanol–water partition coefficient (Wildman–Crippen LogP) is 3.77. The number of pyridine rings is 1. The first-order valence-corrected chi connectivity index (χ1v) is 10.4. The van der Waals surface area contributed by atoms with Crippen LogP contribution in [0.4, 0.5) is 0 Å². The summed E-state index contributed by atoms with van der Waals surface area (Å²) >= 11 is 0. The monoisotopic (exact) mass is 417 g/mol. The number of amides is 1. The van der Waals surface area contributed by atoms with Crippen molar-refractivity contribution in [2.45, 2.75) is 18.4 Å². The molecule has 1 amide bonds. The van der Waals surface area contributed by atoms with E-state index >= 15 is 0 Å². The summed E-state index contributed by atoms with van der Waals surface area (Å²) in [5.41, 5.74) is 2.67. The molecule has 0 atom stereocenters. The Labute approximate surface area is 182 Å². The van der Waals surface area contributed by atoms with E-state index in [-0.39, 0.29) is 5.91 Å². The highest BCUT2D eigenvalue weighted by Crippen LogP contribution is 2.33. The van der Waals surface area contributed by atoms with Crippen LogP contribution in [0.1, 0.15) is 28.9 Å². The lowest BCUT2D eigenvalue weighted by molar-refractivity contribution is 0.0867. The van der Waals surface area contributed by atoms with Crippen molar-refractivity contribution >= 4 is 5.91 Å². The molecule has 2 aromatic carbocycles. The van der Waals surface area contributed by atoms with Gasteiger partial charge < -0.3 is 20.1 Å². The average Bonchev–Trinajstić information content (AvgIpc) is 2.84. The first-order chi connectivity index (χ1) is 15.1. The van der Waals surface area contributed by atoms with Crippen LogP contribution in [0.3, 0.4) is 0 Å². The maximum atomic E-state index is 13.3. The molecule has 31 heavy (non-hydrogen) atoms. The van der Waals surface area contributed by atoms with Crippen LogP contribution in [0, 0.1) is 0 Å². The molecule has 0 bridgehead atoms. The SMILES string of the molecule is COc1ccc(-c2cccc(C(=O)NC3(c4ccccc4)CCNCC3)n2)cc1OC. The number of hydrogen-bond acceptors (Lipinski definition) is 5. The van der Waals surface area contributed by atoms with Crippen molar-refractivity contribution in [2.75, 3.05) is 27.3 Å². The molecule has 0 spiro atoms. The summed E-state index contributed by atoms with van der Waals surface area (Å²) in [6.45, 7) is 1.71. The minimum atomic E-state index is -0.398. The van der Waals surface area contributed by atoms with Crippen LogP contribution in [-0.2, 0) is 5.54 Å². The van der Waals surface area contributed by atoms with Crippen molar-refractivity contribution in [3.8, 4) is 22.8 Å². The maximum Gasteiger partial charge on any atom is 0.270 e. The zero-order valence-corrected chi connectivity index (χ0v) is 17.9.